The zero-order valence-corrected chi connectivity index (χ0v) is 11.7. The van der Waals surface area contributed by atoms with Gasteiger partial charge in [-0.15, -0.1) is 0 Å². The van der Waals surface area contributed by atoms with Crippen molar-refractivity contribution >= 4 is 11.9 Å². The van der Waals surface area contributed by atoms with Crippen molar-refractivity contribution in [2.45, 2.75) is 32.8 Å². The van der Waals surface area contributed by atoms with Crippen LogP contribution in [0.2, 0.25) is 0 Å². The van der Waals surface area contributed by atoms with E-state index in [0.717, 1.165) is 5.69 Å². The molecule has 0 saturated carbocycles. The van der Waals surface area contributed by atoms with E-state index in [-0.39, 0.29) is 18.6 Å². The number of amides is 1. The van der Waals surface area contributed by atoms with Gasteiger partial charge in [-0.25, -0.2) is 4.79 Å². The van der Waals surface area contributed by atoms with Gasteiger partial charge in [-0.3, -0.25) is 9.89 Å². The normalized spacial score (nSPS) is 16.4. The van der Waals surface area contributed by atoms with Crippen molar-refractivity contribution in [2.24, 2.45) is 0 Å². The maximum absolute atomic E-state index is 12.4. The molecule has 0 aromatic carbocycles. The predicted molar refractivity (Wildman–Crippen MR) is 70.6 cm³/mol. The lowest BCUT2D eigenvalue weighted by Gasteiger charge is -2.31. The van der Waals surface area contributed by atoms with Crippen LogP contribution in [0.1, 0.15) is 34.6 Å². The first kappa shape index (κ1) is 14.5. The predicted octanol–water partition coefficient (Wildman–Crippen LogP) is 0.732. The minimum absolute atomic E-state index is 0.0227. The lowest BCUT2D eigenvalue weighted by atomic mass is 10.1. The third kappa shape index (κ3) is 3.16. The van der Waals surface area contributed by atoms with Crippen LogP contribution in [0.5, 0.6) is 0 Å². The number of carboxylic acid groups (broad SMARTS) is 1. The van der Waals surface area contributed by atoms with Gasteiger partial charge < -0.3 is 14.7 Å². The van der Waals surface area contributed by atoms with E-state index in [1.54, 1.807) is 11.8 Å². The van der Waals surface area contributed by atoms with E-state index in [2.05, 4.69) is 10.2 Å². The number of rotatable bonds is 4. The topological polar surface area (TPSA) is 95.5 Å². The quantitative estimate of drug-likeness (QED) is 0.848. The molecule has 20 heavy (non-hydrogen) atoms. The first-order chi connectivity index (χ1) is 9.49. The summed E-state index contributed by atoms with van der Waals surface area (Å²) in [6.07, 6.45) is 1.24. The molecule has 2 heterocycles. The van der Waals surface area contributed by atoms with Gasteiger partial charge in [0.15, 0.2) is 0 Å². The van der Waals surface area contributed by atoms with E-state index in [1.807, 2.05) is 6.92 Å². The maximum Gasteiger partial charge on any atom is 0.329 e. The average molecular weight is 281 g/mol. The maximum atomic E-state index is 12.4. The monoisotopic (exact) mass is 281 g/mol. The summed E-state index contributed by atoms with van der Waals surface area (Å²) in [6.45, 7) is 4.51. The largest absolute Gasteiger partial charge is 0.480 e. The number of hydrogen-bond acceptors (Lipinski definition) is 4. The number of aromatic nitrogens is 2. The van der Waals surface area contributed by atoms with Crippen molar-refractivity contribution in [1.29, 1.82) is 0 Å². The van der Waals surface area contributed by atoms with E-state index in [4.69, 9.17) is 9.84 Å². The smallest absolute Gasteiger partial charge is 0.329 e. The second kappa shape index (κ2) is 6.04. The number of carbonyl (C=O) groups excluding carboxylic acids is 1. The number of nitrogens with one attached hydrogen (secondary N) is 1. The van der Waals surface area contributed by atoms with Gasteiger partial charge in [0.05, 0.1) is 17.4 Å². The third-order valence-electron chi connectivity index (χ3n) is 3.51. The molecule has 0 bridgehead atoms. The van der Waals surface area contributed by atoms with Crippen molar-refractivity contribution in [3.05, 3.63) is 17.0 Å². The van der Waals surface area contributed by atoms with Gasteiger partial charge in [-0.2, -0.15) is 5.10 Å². The van der Waals surface area contributed by atoms with Crippen LogP contribution in [-0.4, -0.2) is 57.9 Å². The fourth-order valence-electron chi connectivity index (χ4n) is 2.44. The molecule has 7 heteroatoms. The first-order valence-electron chi connectivity index (χ1n) is 6.63. The van der Waals surface area contributed by atoms with E-state index >= 15 is 0 Å². The second-order valence-corrected chi connectivity index (χ2v) is 5.01. The number of aliphatic carboxylic acids is 1. The van der Waals surface area contributed by atoms with Gasteiger partial charge >= 0.3 is 5.97 Å². The number of carbonyl (C=O) groups is 2. The summed E-state index contributed by atoms with van der Waals surface area (Å²) in [5, 5.41) is 15.4. The van der Waals surface area contributed by atoms with Gasteiger partial charge in [0.25, 0.3) is 5.91 Å². The van der Waals surface area contributed by atoms with E-state index in [1.165, 1.54) is 0 Å². The standard InChI is InChI=1S/C13H19N3O4/c1-8-12(9(2)15-14-8)13(19)16-5-3-10(4-6-16)20-7-11(17)18/h10H,3-7H2,1-2H3,(H,14,15)(H,17,18). The van der Waals surface area contributed by atoms with E-state index in [0.29, 0.717) is 37.2 Å². The molecule has 1 fully saturated rings. The highest BCUT2D eigenvalue weighted by Gasteiger charge is 2.27. The van der Waals surface area contributed by atoms with Crippen LogP contribution >= 0.6 is 0 Å². The van der Waals surface area contributed by atoms with Crippen LogP contribution in [0, 0.1) is 13.8 Å². The van der Waals surface area contributed by atoms with Crippen LogP contribution < -0.4 is 0 Å². The number of H-pyrrole nitrogens is 1. The first-order valence-corrected chi connectivity index (χ1v) is 6.63. The zero-order valence-electron chi connectivity index (χ0n) is 11.7. The number of aryl methyl sites for hydroxylation is 2. The molecule has 0 aliphatic carbocycles. The number of carboxylic acids is 1. The minimum Gasteiger partial charge on any atom is -0.480 e. The summed E-state index contributed by atoms with van der Waals surface area (Å²) in [4.78, 5) is 24.6. The zero-order chi connectivity index (χ0) is 14.7. The highest BCUT2D eigenvalue weighted by Crippen LogP contribution is 2.18. The third-order valence-corrected chi connectivity index (χ3v) is 3.51. The summed E-state index contributed by atoms with van der Waals surface area (Å²) in [7, 11) is 0. The van der Waals surface area contributed by atoms with E-state index < -0.39 is 5.97 Å². The molecule has 7 nitrogen and oxygen atoms in total. The van der Waals surface area contributed by atoms with Crippen LogP contribution in [0.15, 0.2) is 0 Å². The molecular formula is C13H19N3O4. The molecule has 2 N–H and O–H groups in total. The lowest BCUT2D eigenvalue weighted by Crippen LogP contribution is -2.41. The van der Waals surface area contributed by atoms with Crippen molar-refractivity contribution in [3.8, 4) is 0 Å². The van der Waals surface area contributed by atoms with Crippen molar-refractivity contribution in [3.63, 3.8) is 0 Å². The molecule has 1 aliphatic rings. The SMILES string of the molecule is Cc1n[nH]c(C)c1C(=O)N1CCC(OCC(=O)O)CC1. The van der Waals surface area contributed by atoms with E-state index in [9.17, 15) is 9.59 Å². The molecule has 1 saturated heterocycles. The van der Waals surface area contributed by atoms with Crippen LogP contribution in [0.3, 0.4) is 0 Å². The Balaban J connectivity index is 1.91. The Morgan fingerprint density at radius 1 is 1.40 bits per heavy atom. The summed E-state index contributed by atoms with van der Waals surface area (Å²) in [5.74, 6) is -0.987. The molecule has 110 valence electrons. The Kier molecular flexibility index (Phi) is 4.39. The summed E-state index contributed by atoms with van der Waals surface area (Å²) in [5.41, 5.74) is 2.11. The van der Waals surface area contributed by atoms with Gasteiger partial charge in [0.1, 0.15) is 6.61 Å². The molecule has 2 rings (SSSR count). The molecule has 1 aromatic rings. The van der Waals surface area contributed by atoms with Gasteiger partial charge in [0, 0.05) is 18.8 Å². The Hall–Kier alpha value is -1.89. The van der Waals surface area contributed by atoms with Crippen LogP contribution in [0.25, 0.3) is 0 Å². The summed E-state index contributed by atoms with van der Waals surface area (Å²) >= 11 is 0. The molecule has 0 radical (unpaired) electrons. The highest BCUT2D eigenvalue weighted by molar-refractivity contribution is 5.96. The molecule has 1 aliphatic heterocycles. The van der Waals surface area contributed by atoms with Gasteiger partial charge in [-0.05, 0) is 26.7 Å². The Bertz CT molecular complexity index is 484. The number of likely N-dealkylation sites (tertiary alicyclic amines) is 1. The number of piperidine rings is 1. The van der Waals surface area contributed by atoms with Gasteiger partial charge in [0.2, 0.25) is 0 Å². The van der Waals surface area contributed by atoms with Crippen molar-refractivity contribution in [2.75, 3.05) is 19.7 Å². The summed E-state index contributed by atoms with van der Waals surface area (Å²) in [6, 6.07) is 0. The molecule has 0 unspecified atom stereocenters. The number of ether oxygens (including phenoxy) is 1. The number of hydrogen-bond donors (Lipinski definition) is 2. The highest BCUT2D eigenvalue weighted by atomic mass is 16.5. The number of nitrogens with zero attached hydrogens (tertiary/aromatic N) is 2. The fraction of sp³-hybridized carbons (Fsp3) is 0.615. The van der Waals surface area contributed by atoms with Crippen molar-refractivity contribution < 1.29 is 19.4 Å². The minimum atomic E-state index is -0.965. The molecular weight excluding hydrogens is 262 g/mol. The van der Waals surface area contributed by atoms with Crippen LogP contribution in [0.4, 0.5) is 0 Å². The Morgan fingerprint density at radius 3 is 2.55 bits per heavy atom. The van der Waals surface area contributed by atoms with Gasteiger partial charge in [-0.1, -0.05) is 0 Å². The molecule has 1 amide bonds. The lowest BCUT2D eigenvalue weighted by molar-refractivity contribution is -0.145. The molecule has 1 aromatic heterocycles. The van der Waals surface area contributed by atoms with Crippen molar-refractivity contribution in [1.82, 2.24) is 15.1 Å². The second-order valence-electron chi connectivity index (χ2n) is 5.01. The molecule has 0 atom stereocenters. The Morgan fingerprint density at radius 2 is 2.05 bits per heavy atom. The number of aromatic amines is 1. The molecule has 0 spiro atoms. The fourth-order valence-corrected chi connectivity index (χ4v) is 2.44. The summed E-state index contributed by atoms with van der Waals surface area (Å²) < 4.78 is 5.25. The van der Waals surface area contributed by atoms with Crippen LogP contribution in [-0.2, 0) is 9.53 Å². The Labute approximate surface area is 116 Å². The average Bonchev–Trinajstić information content (AvgIpc) is 2.76.